The van der Waals surface area contributed by atoms with Crippen LogP contribution in [0.4, 0.5) is 0 Å². The maximum absolute atomic E-state index is 10.0. The van der Waals surface area contributed by atoms with Crippen molar-refractivity contribution in [3.8, 4) is 0 Å². The fourth-order valence-corrected chi connectivity index (χ4v) is 2.01. The molecule has 0 radical (unpaired) electrons. The Hall–Kier alpha value is -0.820. The zero-order valence-corrected chi connectivity index (χ0v) is 10.5. The van der Waals surface area contributed by atoms with Gasteiger partial charge < -0.3 is 5.11 Å². The van der Waals surface area contributed by atoms with Crippen LogP contribution in [0, 0.1) is 5.92 Å². The lowest BCUT2D eigenvalue weighted by molar-refractivity contribution is 0.160. The third-order valence-corrected chi connectivity index (χ3v) is 3.41. The van der Waals surface area contributed by atoms with Crippen molar-refractivity contribution in [3.05, 3.63) is 35.4 Å². The summed E-state index contributed by atoms with van der Waals surface area (Å²) in [6, 6.07) is 8.44. The van der Waals surface area contributed by atoms with Gasteiger partial charge in [-0.1, -0.05) is 57.9 Å². The molecule has 1 heteroatoms. The highest BCUT2D eigenvalue weighted by molar-refractivity contribution is 5.28. The highest BCUT2D eigenvalue weighted by Gasteiger charge is 2.25. The molecule has 0 aromatic heterocycles. The molecule has 1 nitrogen and oxygen atoms in total. The number of hydrogen-bond donors (Lipinski definition) is 1. The molecule has 1 aliphatic rings. The van der Waals surface area contributed by atoms with Gasteiger partial charge in [-0.15, -0.1) is 0 Å². The van der Waals surface area contributed by atoms with Crippen molar-refractivity contribution in [1.82, 2.24) is 0 Å². The smallest absolute Gasteiger partial charge is 0.0792 e. The molecule has 1 saturated carbocycles. The van der Waals surface area contributed by atoms with E-state index in [1.807, 2.05) is 0 Å². The summed E-state index contributed by atoms with van der Waals surface area (Å²) in [4.78, 5) is 0. The molecule has 1 aromatic rings. The van der Waals surface area contributed by atoms with Gasteiger partial charge in [0.25, 0.3) is 0 Å². The van der Waals surface area contributed by atoms with E-state index >= 15 is 0 Å². The minimum atomic E-state index is -0.262. The van der Waals surface area contributed by atoms with Gasteiger partial charge in [-0.3, -0.25) is 0 Å². The van der Waals surface area contributed by atoms with Crippen molar-refractivity contribution in [2.45, 2.75) is 51.6 Å². The summed E-state index contributed by atoms with van der Waals surface area (Å²) >= 11 is 0. The largest absolute Gasteiger partial charge is 0.388 e. The predicted molar refractivity (Wildman–Crippen MR) is 67.4 cm³/mol. The minimum absolute atomic E-state index is 0.194. The average Bonchev–Trinajstić information content (AvgIpc) is 3.00. The topological polar surface area (TPSA) is 20.2 Å². The molecule has 1 aliphatic carbocycles. The standard InChI is InChI=1S/C15H22O/c1-15(2,3)13-8-6-12(7-9-13)14(16)10-11-4-5-11/h6-9,11,14,16H,4-5,10H2,1-3H3. The molecule has 1 fully saturated rings. The second-order valence-corrected chi connectivity index (χ2v) is 6.07. The van der Waals surface area contributed by atoms with Crippen LogP contribution in [0.2, 0.25) is 0 Å². The first kappa shape index (κ1) is 11.7. The van der Waals surface area contributed by atoms with E-state index < -0.39 is 0 Å². The Morgan fingerprint density at radius 1 is 1.19 bits per heavy atom. The number of aliphatic hydroxyl groups excluding tert-OH is 1. The summed E-state index contributed by atoms with van der Waals surface area (Å²) in [6.07, 6.45) is 3.28. The Labute approximate surface area is 98.5 Å². The molecule has 0 heterocycles. The van der Waals surface area contributed by atoms with Crippen LogP contribution in [0.3, 0.4) is 0 Å². The first-order chi connectivity index (χ1) is 7.47. The third-order valence-electron chi connectivity index (χ3n) is 3.41. The molecular weight excluding hydrogens is 196 g/mol. The normalized spacial score (nSPS) is 18.5. The Morgan fingerprint density at radius 3 is 2.19 bits per heavy atom. The van der Waals surface area contributed by atoms with Crippen molar-refractivity contribution in [1.29, 1.82) is 0 Å². The second-order valence-electron chi connectivity index (χ2n) is 6.07. The molecule has 1 atom stereocenters. The van der Waals surface area contributed by atoms with Crippen LogP contribution in [0.15, 0.2) is 24.3 Å². The maximum Gasteiger partial charge on any atom is 0.0792 e. The Bertz CT molecular complexity index is 341. The molecule has 0 bridgehead atoms. The Morgan fingerprint density at radius 2 is 1.75 bits per heavy atom. The van der Waals surface area contributed by atoms with Crippen molar-refractivity contribution in [2.24, 2.45) is 5.92 Å². The summed E-state index contributed by atoms with van der Waals surface area (Å²) < 4.78 is 0. The molecule has 2 rings (SSSR count). The monoisotopic (exact) mass is 218 g/mol. The molecule has 0 aliphatic heterocycles. The lowest BCUT2D eigenvalue weighted by atomic mass is 9.86. The van der Waals surface area contributed by atoms with E-state index in [4.69, 9.17) is 0 Å². The van der Waals surface area contributed by atoms with Gasteiger partial charge in [-0.25, -0.2) is 0 Å². The van der Waals surface area contributed by atoms with Crippen LogP contribution in [-0.2, 0) is 5.41 Å². The number of rotatable bonds is 3. The van der Waals surface area contributed by atoms with Crippen LogP contribution in [0.25, 0.3) is 0 Å². The molecule has 0 saturated heterocycles. The van der Waals surface area contributed by atoms with Crippen LogP contribution in [0.5, 0.6) is 0 Å². The van der Waals surface area contributed by atoms with Crippen molar-refractivity contribution < 1.29 is 5.11 Å². The molecule has 0 spiro atoms. The molecule has 1 unspecified atom stereocenters. The van der Waals surface area contributed by atoms with E-state index in [1.54, 1.807) is 0 Å². The number of aliphatic hydroxyl groups is 1. The zero-order chi connectivity index (χ0) is 11.8. The van der Waals surface area contributed by atoms with E-state index in [0.717, 1.165) is 17.9 Å². The van der Waals surface area contributed by atoms with E-state index in [1.165, 1.54) is 18.4 Å². The van der Waals surface area contributed by atoms with Crippen molar-refractivity contribution in [2.75, 3.05) is 0 Å². The molecule has 16 heavy (non-hydrogen) atoms. The zero-order valence-electron chi connectivity index (χ0n) is 10.5. The van der Waals surface area contributed by atoms with Gasteiger partial charge in [0.15, 0.2) is 0 Å². The first-order valence-electron chi connectivity index (χ1n) is 6.25. The fraction of sp³-hybridized carbons (Fsp3) is 0.600. The molecule has 0 amide bonds. The van der Waals surface area contributed by atoms with Gasteiger partial charge in [0.1, 0.15) is 0 Å². The van der Waals surface area contributed by atoms with Crippen LogP contribution in [0.1, 0.15) is 57.3 Å². The molecule has 1 aromatic carbocycles. The summed E-state index contributed by atoms with van der Waals surface area (Å²) in [7, 11) is 0. The molecule has 88 valence electrons. The summed E-state index contributed by atoms with van der Waals surface area (Å²) in [5.74, 6) is 0.775. The Kier molecular flexibility index (Phi) is 3.07. The predicted octanol–water partition coefficient (Wildman–Crippen LogP) is 3.82. The van der Waals surface area contributed by atoms with Crippen LogP contribution >= 0.6 is 0 Å². The summed E-state index contributed by atoms with van der Waals surface area (Å²) in [5.41, 5.74) is 2.59. The lowest BCUT2D eigenvalue weighted by Gasteiger charge is -2.20. The van der Waals surface area contributed by atoms with Gasteiger partial charge in [-0.05, 0) is 28.9 Å². The molecule has 1 N–H and O–H groups in total. The van der Waals surface area contributed by atoms with Gasteiger partial charge in [0.2, 0.25) is 0 Å². The van der Waals surface area contributed by atoms with Crippen molar-refractivity contribution in [3.63, 3.8) is 0 Å². The summed E-state index contributed by atoms with van der Waals surface area (Å²) in [6.45, 7) is 6.63. The maximum atomic E-state index is 10.0. The average molecular weight is 218 g/mol. The highest BCUT2D eigenvalue weighted by atomic mass is 16.3. The second kappa shape index (κ2) is 4.21. The quantitative estimate of drug-likeness (QED) is 0.817. The van der Waals surface area contributed by atoms with Crippen molar-refractivity contribution >= 4 is 0 Å². The number of benzene rings is 1. The van der Waals surface area contributed by atoms with E-state index in [2.05, 4.69) is 45.0 Å². The lowest BCUT2D eigenvalue weighted by Crippen LogP contribution is -2.11. The van der Waals surface area contributed by atoms with E-state index in [-0.39, 0.29) is 11.5 Å². The van der Waals surface area contributed by atoms with Gasteiger partial charge in [-0.2, -0.15) is 0 Å². The highest BCUT2D eigenvalue weighted by Crippen LogP contribution is 2.37. The third kappa shape index (κ3) is 2.85. The fourth-order valence-electron chi connectivity index (χ4n) is 2.01. The van der Waals surface area contributed by atoms with Gasteiger partial charge in [0.05, 0.1) is 6.10 Å². The Balaban J connectivity index is 2.05. The van der Waals surface area contributed by atoms with Crippen LogP contribution in [-0.4, -0.2) is 5.11 Å². The molecular formula is C15H22O. The van der Waals surface area contributed by atoms with Crippen LogP contribution < -0.4 is 0 Å². The van der Waals surface area contributed by atoms with E-state index in [0.29, 0.717) is 0 Å². The minimum Gasteiger partial charge on any atom is -0.388 e. The van der Waals surface area contributed by atoms with E-state index in [9.17, 15) is 5.11 Å². The van der Waals surface area contributed by atoms with Gasteiger partial charge >= 0.3 is 0 Å². The summed E-state index contributed by atoms with van der Waals surface area (Å²) in [5, 5.41) is 10.0. The van der Waals surface area contributed by atoms with Gasteiger partial charge in [0, 0.05) is 0 Å². The number of hydrogen-bond acceptors (Lipinski definition) is 1. The SMILES string of the molecule is CC(C)(C)c1ccc(C(O)CC2CC2)cc1. The first-order valence-corrected chi connectivity index (χ1v) is 6.25.